The van der Waals surface area contributed by atoms with Gasteiger partial charge in [-0.1, -0.05) is 142 Å². The fraction of sp³-hybridized carbons (Fsp3) is 0.818. The number of nitrogens with zero attached hydrogens (tertiary/aromatic N) is 1. The summed E-state index contributed by atoms with van der Waals surface area (Å²) in [6, 6.07) is 6.41. The molecule has 1 aromatic carbocycles. The molecule has 0 aliphatic heterocycles. The summed E-state index contributed by atoms with van der Waals surface area (Å²) in [7, 11) is 0. The number of para-hydroxylation sites is 1. The molecule has 0 radical (unpaired) electrons. The molecule has 0 spiro atoms. The Bertz CT molecular complexity index is 1040. The van der Waals surface area contributed by atoms with Crippen LogP contribution in [0.3, 0.4) is 0 Å². The van der Waals surface area contributed by atoms with Crippen LogP contribution in [0.2, 0.25) is 0 Å². The van der Waals surface area contributed by atoms with Crippen LogP contribution in [0.25, 0.3) is 0 Å². The van der Waals surface area contributed by atoms with Crippen molar-refractivity contribution in [1.82, 2.24) is 0 Å². The number of rotatable bonds is 40. The smallest absolute Gasteiger partial charge is 0.306 e. The van der Waals surface area contributed by atoms with Crippen LogP contribution in [-0.4, -0.2) is 59.2 Å². The highest BCUT2D eigenvalue weighted by molar-refractivity contribution is 7.99. The van der Waals surface area contributed by atoms with Gasteiger partial charge in [0.15, 0.2) is 6.10 Å². The van der Waals surface area contributed by atoms with Gasteiger partial charge < -0.3 is 14.2 Å². The van der Waals surface area contributed by atoms with Crippen molar-refractivity contribution in [3.63, 3.8) is 0 Å². The van der Waals surface area contributed by atoms with Crippen LogP contribution in [0.15, 0.2) is 24.3 Å². The lowest BCUT2D eigenvalue weighted by molar-refractivity contribution is -0.386. The number of hydrogen-bond acceptors (Lipinski definition) is 9. The van der Waals surface area contributed by atoms with Crippen molar-refractivity contribution < 1.29 is 28.7 Å². The van der Waals surface area contributed by atoms with Gasteiger partial charge in [-0.3, -0.25) is 19.7 Å². The zero-order valence-corrected chi connectivity index (χ0v) is 36.0. The lowest BCUT2D eigenvalue weighted by Crippen LogP contribution is -2.29. The topological polar surface area (TPSA) is 105 Å². The highest BCUT2D eigenvalue weighted by Crippen LogP contribution is 2.19. The van der Waals surface area contributed by atoms with Gasteiger partial charge in [-0.05, 0) is 67.6 Å². The molecule has 1 atom stereocenters. The maximum absolute atomic E-state index is 12.7. The summed E-state index contributed by atoms with van der Waals surface area (Å²) >= 11 is 4.17. The number of hydrogen-bond donors (Lipinski definition) is 0. The molecule has 1 aromatic rings. The number of carbonyl (C=O) groups excluding carboxylic acids is 2. The molecular formula is C44H77NO7S2. The molecule has 0 aliphatic rings. The summed E-state index contributed by atoms with van der Waals surface area (Å²) in [5.41, 5.74) is 0.416. The number of thioether (sulfide) groups is 2. The molecule has 0 N–H and O–H groups in total. The summed E-state index contributed by atoms with van der Waals surface area (Å²) in [5.74, 6) is 4.42. The third-order valence-electron chi connectivity index (χ3n) is 9.60. The summed E-state index contributed by atoms with van der Waals surface area (Å²) in [6.45, 7) is 4.41. The number of unbranched alkanes of at least 4 members (excludes halogenated alkanes) is 20. The molecule has 1 rings (SSSR count). The molecule has 0 aliphatic carbocycles. The van der Waals surface area contributed by atoms with E-state index in [1.165, 1.54) is 145 Å². The van der Waals surface area contributed by atoms with E-state index in [4.69, 9.17) is 14.2 Å². The monoisotopic (exact) mass is 796 g/mol. The normalized spacial score (nSPS) is 11.8. The minimum absolute atomic E-state index is 0.00544. The molecule has 0 amide bonds. The zero-order valence-electron chi connectivity index (χ0n) is 34.3. The van der Waals surface area contributed by atoms with Crippen LogP contribution >= 0.6 is 23.5 Å². The number of nitro benzene ring substituents is 1. The highest BCUT2D eigenvalue weighted by Gasteiger charge is 2.19. The second kappa shape index (κ2) is 38.1. The van der Waals surface area contributed by atoms with E-state index >= 15 is 0 Å². The average Bonchev–Trinajstić information content (AvgIpc) is 3.17. The number of esters is 2. The van der Waals surface area contributed by atoms with Gasteiger partial charge in [0.1, 0.15) is 6.61 Å². The first-order valence-corrected chi connectivity index (χ1v) is 24.1. The van der Waals surface area contributed by atoms with Crippen molar-refractivity contribution >= 4 is 41.1 Å². The Morgan fingerprint density at radius 1 is 0.593 bits per heavy atom. The molecule has 54 heavy (non-hydrogen) atoms. The predicted octanol–water partition coefficient (Wildman–Crippen LogP) is 13.2. The first-order valence-electron chi connectivity index (χ1n) is 21.8. The van der Waals surface area contributed by atoms with E-state index in [0.29, 0.717) is 18.4 Å². The van der Waals surface area contributed by atoms with Gasteiger partial charge in [0.25, 0.3) is 5.69 Å². The summed E-state index contributed by atoms with van der Waals surface area (Å²) in [6.07, 6.45) is 29.3. The van der Waals surface area contributed by atoms with Crippen LogP contribution in [-0.2, 0) is 30.4 Å². The van der Waals surface area contributed by atoms with E-state index in [1.54, 1.807) is 18.2 Å². The summed E-state index contributed by atoms with van der Waals surface area (Å²) in [5, 5.41) is 11.4. The van der Waals surface area contributed by atoms with Crippen molar-refractivity contribution in [2.75, 3.05) is 36.2 Å². The Balaban J connectivity index is 2.26. The predicted molar refractivity (Wildman–Crippen MR) is 230 cm³/mol. The fourth-order valence-corrected chi connectivity index (χ4v) is 8.31. The van der Waals surface area contributed by atoms with Crippen molar-refractivity contribution in [3.05, 3.63) is 39.9 Å². The quantitative estimate of drug-likeness (QED) is 0.0278. The number of benzene rings is 1. The molecular weight excluding hydrogens is 719 g/mol. The minimum Gasteiger partial charge on any atom is -0.462 e. The molecule has 10 heteroatoms. The standard InChI is InChI=1S/C44H77NO7S2/c1-3-5-7-9-17-25-33-53-35-27-19-13-11-15-21-31-43(46)51-39-41(38-50-37-40-29-23-24-30-42(40)45(48)49)52-44(47)32-22-16-12-14-20-28-36-54-34-26-18-10-8-6-4-2/h23-24,29-30,41H,3-22,25-28,31-39H2,1-2H3. The van der Waals surface area contributed by atoms with Gasteiger partial charge in [0.2, 0.25) is 0 Å². The third-order valence-corrected chi connectivity index (χ3v) is 11.9. The van der Waals surface area contributed by atoms with E-state index in [2.05, 4.69) is 37.4 Å². The van der Waals surface area contributed by atoms with Crippen LogP contribution in [0.5, 0.6) is 0 Å². The van der Waals surface area contributed by atoms with E-state index in [9.17, 15) is 19.7 Å². The Hall–Kier alpha value is -1.78. The van der Waals surface area contributed by atoms with Gasteiger partial charge in [0.05, 0.1) is 23.7 Å². The maximum atomic E-state index is 12.7. The Labute approximate surface area is 338 Å². The molecule has 0 fully saturated rings. The second-order valence-electron chi connectivity index (χ2n) is 14.7. The van der Waals surface area contributed by atoms with Crippen molar-refractivity contribution in [1.29, 1.82) is 0 Å². The zero-order chi connectivity index (χ0) is 39.2. The minimum atomic E-state index is -0.767. The van der Waals surface area contributed by atoms with E-state index in [1.807, 2.05) is 0 Å². The van der Waals surface area contributed by atoms with Gasteiger partial charge in [-0.25, -0.2) is 0 Å². The molecule has 1 unspecified atom stereocenters. The van der Waals surface area contributed by atoms with E-state index in [0.717, 1.165) is 38.5 Å². The largest absolute Gasteiger partial charge is 0.462 e. The Morgan fingerprint density at radius 3 is 1.50 bits per heavy atom. The fourth-order valence-electron chi connectivity index (χ4n) is 6.26. The van der Waals surface area contributed by atoms with Crippen molar-refractivity contribution in [2.24, 2.45) is 0 Å². The number of ether oxygens (including phenoxy) is 3. The number of carbonyl (C=O) groups is 2. The van der Waals surface area contributed by atoms with Crippen molar-refractivity contribution in [2.45, 2.75) is 193 Å². The first-order chi connectivity index (χ1) is 26.5. The van der Waals surface area contributed by atoms with Crippen LogP contribution in [0.1, 0.15) is 186 Å². The molecule has 8 nitrogen and oxygen atoms in total. The van der Waals surface area contributed by atoms with Gasteiger partial charge in [0, 0.05) is 18.9 Å². The Kier molecular flexibility index (Phi) is 35.5. The number of nitro groups is 1. The molecule has 0 bridgehead atoms. The molecule has 0 heterocycles. The highest BCUT2D eigenvalue weighted by atomic mass is 32.2. The lowest BCUT2D eigenvalue weighted by atomic mass is 10.1. The van der Waals surface area contributed by atoms with Gasteiger partial charge >= 0.3 is 11.9 Å². The van der Waals surface area contributed by atoms with Crippen LogP contribution < -0.4 is 0 Å². The SMILES string of the molecule is CCCCCCCCSCCCCCCCCC(=O)OCC(COCc1ccccc1[N+](=O)[O-])OC(=O)CCCCCCCCSCCCCCCCC. The lowest BCUT2D eigenvalue weighted by Gasteiger charge is -2.18. The van der Waals surface area contributed by atoms with Gasteiger partial charge in [-0.2, -0.15) is 23.5 Å². The summed E-state index contributed by atoms with van der Waals surface area (Å²) < 4.78 is 16.9. The van der Waals surface area contributed by atoms with Crippen LogP contribution in [0.4, 0.5) is 5.69 Å². The van der Waals surface area contributed by atoms with Crippen LogP contribution in [0, 0.1) is 10.1 Å². The second-order valence-corrected chi connectivity index (χ2v) is 17.1. The van der Waals surface area contributed by atoms with Gasteiger partial charge in [-0.15, -0.1) is 0 Å². The Morgan fingerprint density at radius 2 is 1.02 bits per heavy atom. The van der Waals surface area contributed by atoms with E-state index < -0.39 is 11.0 Å². The maximum Gasteiger partial charge on any atom is 0.306 e. The molecule has 0 saturated heterocycles. The molecule has 0 aromatic heterocycles. The van der Waals surface area contributed by atoms with Crippen molar-refractivity contribution in [3.8, 4) is 0 Å². The molecule has 0 saturated carbocycles. The molecule has 312 valence electrons. The average molecular weight is 796 g/mol. The summed E-state index contributed by atoms with van der Waals surface area (Å²) in [4.78, 5) is 36.2. The van der Waals surface area contributed by atoms with E-state index in [-0.39, 0.29) is 37.4 Å². The third kappa shape index (κ3) is 31.4. The first kappa shape index (κ1) is 50.2.